The second kappa shape index (κ2) is 7.99. The molecule has 1 aliphatic heterocycles. The lowest BCUT2D eigenvalue weighted by molar-refractivity contribution is 0.102. The van der Waals surface area contributed by atoms with Crippen LogP contribution in [-0.4, -0.2) is 69.0 Å². The lowest BCUT2D eigenvalue weighted by Gasteiger charge is -2.27. The van der Waals surface area contributed by atoms with Crippen LogP contribution in [0.1, 0.15) is 10.4 Å². The Bertz CT molecular complexity index is 909. The summed E-state index contributed by atoms with van der Waals surface area (Å²) >= 11 is 0. The minimum absolute atomic E-state index is 0.126. The van der Waals surface area contributed by atoms with E-state index in [9.17, 15) is 13.2 Å². The largest absolute Gasteiger partial charge is 0.378 e. The summed E-state index contributed by atoms with van der Waals surface area (Å²) in [4.78, 5) is 22.9. The number of rotatable bonds is 5. The van der Waals surface area contributed by atoms with Crippen molar-refractivity contribution in [1.29, 1.82) is 0 Å². The molecule has 2 heterocycles. The number of carbonyl (C=O) groups is 1. The first-order valence-electron chi connectivity index (χ1n) is 8.36. The van der Waals surface area contributed by atoms with Crippen molar-refractivity contribution >= 4 is 27.6 Å². The van der Waals surface area contributed by atoms with Crippen LogP contribution in [0.15, 0.2) is 41.6 Å². The molecule has 10 heteroatoms. The molecule has 144 valence electrons. The van der Waals surface area contributed by atoms with Gasteiger partial charge >= 0.3 is 0 Å². The summed E-state index contributed by atoms with van der Waals surface area (Å²) < 4.78 is 30.6. The summed E-state index contributed by atoms with van der Waals surface area (Å²) in [5.74, 6) is 0.716. The molecule has 1 aromatic heterocycles. The number of hydrogen-bond acceptors (Lipinski definition) is 7. The van der Waals surface area contributed by atoms with Crippen LogP contribution in [0.5, 0.6) is 0 Å². The van der Waals surface area contributed by atoms with Crippen LogP contribution < -0.4 is 10.2 Å². The Labute approximate surface area is 158 Å². The maximum absolute atomic E-state index is 12.4. The molecule has 9 nitrogen and oxygen atoms in total. The molecule has 1 amide bonds. The summed E-state index contributed by atoms with van der Waals surface area (Å²) in [6.07, 6.45) is 1.40. The van der Waals surface area contributed by atoms with Crippen LogP contribution in [-0.2, 0) is 14.8 Å². The predicted molar refractivity (Wildman–Crippen MR) is 100 cm³/mol. The van der Waals surface area contributed by atoms with E-state index in [-0.39, 0.29) is 10.8 Å². The third-order valence-corrected chi connectivity index (χ3v) is 5.95. The first-order chi connectivity index (χ1) is 12.9. The molecule has 3 rings (SSSR count). The number of carbonyl (C=O) groups excluding carboxylic acids is 1. The Kier molecular flexibility index (Phi) is 5.68. The van der Waals surface area contributed by atoms with E-state index in [1.54, 1.807) is 6.07 Å². The molecular weight excluding hydrogens is 370 g/mol. The SMILES string of the molecule is CN(C)S(=O)(=O)c1ccc(C(=O)Nc2cc(N3CCOCC3)ncn2)cc1. The third-order valence-electron chi connectivity index (χ3n) is 4.12. The monoisotopic (exact) mass is 391 g/mol. The minimum atomic E-state index is -3.53. The zero-order valence-corrected chi connectivity index (χ0v) is 15.9. The summed E-state index contributed by atoms with van der Waals surface area (Å²) in [6, 6.07) is 7.45. The average Bonchev–Trinajstić information content (AvgIpc) is 2.69. The molecule has 0 aliphatic carbocycles. The van der Waals surface area contributed by atoms with Crippen LogP contribution in [0.2, 0.25) is 0 Å². The molecule has 1 N–H and O–H groups in total. The number of aromatic nitrogens is 2. The normalized spacial score (nSPS) is 15.0. The molecular formula is C17H21N5O4S. The quantitative estimate of drug-likeness (QED) is 0.804. The van der Waals surface area contributed by atoms with Crippen molar-refractivity contribution in [2.45, 2.75) is 4.90 Å². The molecule has 1 aromatic carbocycles. The lowest BCUT2D eigenvalue weighted by Crippen LogP contribution is -2.36. The number of ether oxygens (including phenoxy) is 1. The van der Waals surface area contributed by atoms with E-state index in [0.29, 0.717) is 24.6 Å². The fourth-order valence-corrected chi connectivity index (χ4v) is 3.46. The van der Waals surface area contributed by atoms with Gasteiger partial charge in [0.05, 0.1) is 18.1 Å². The van der Waals surface area contributed by atoms with Gasteiger partial charge in [-0.3, -0.25) is 4.79 Å². The number of nitrogens with zero attached hydrogens (tertiary/aromatic N) is 4. The van der Waals surface area contributed by atoms with Crippen LogP contribution >= 0.6 is 0 Å². The maximum Gasteiger partial charge on any atom is 0.256 e. The summed E-state index contributed by atoms with van der Waals surface area (Å²) in [6.45, 7) is 2.72. The standard InChI is InChI=1S/C17H21N5O4S/c1-21(2)27(24,25)14-5-3-13(4-6-14)17(23)20-15-11-16(19-12-18-15)22-7-9-26-10-8-22/h3-6,11-12H,7-10H2,1-2H3,(H,18,19,20,23). The van der Waals surface area contributed by atoms with E-state index in [1.807, 2.05) is 0 Å². The molecule has 1 aliphatic rings. The van der Waals surface area contributed by atoms with Crippen molar-refractivity contribution < 1.29 is 17.9 Å². The Balaban J connectivity index is 1.72. The number of sulfonamides is 1. The van der Waals surface area contributed by atoms with Crippen LogP contribution in [0.3, 0.4) is 0 Å². The molecule has 1 fully saturated rings. The second-order valence-electron chi connectivity index (χ2n) is 6.13. The molecule has 0 spiro atoms. The number of anilines is 2. The van der Waals surface area contributed by atoms with Crippen LogP contribution in [0.4, 0.5) is 11.6 Å². The first kappa shape index (κ1) is 19.2. The highest BCUT2D eigenvalue weighted by Crippen LogP contribution is 2.17. The number of hydrogen-bond donors (Lipinski definition) is 1. The summed E-state index contributed by atoms with van der Waals surface area (Å²) in [5.41, 5.74) is 0.333. The number of amides is 1. The number of morpholine rings is 1. The smallest absolute Gasteiger partial charge is 0.256 e. The van der Waals surface area contributed by atoms with Crippen molar-refractivity contribution in [3.63, 3.8) is 0 Å². The van der Waals surface area contributed by atoms with E-state index >= 15 is 0 Å². The summed E-state index contributed by atoms with van der Waals surface area (Å²) in [5, 5.41) is 2.71. The highest BCUT2D eigenvalue weighted by Gasteiger charge is 2.18. The van der Waals surface area contributed by atoms with Crippen molar-refractivity contribution in [2.24, 2.45) is 0 Å². The minimum Gasteiger partial charge on any atom is -0.378 e. The Morgan fingerprint density at radius 1 is 1.15 bits per heavy atom. The van der Waals surface area contributed by atoms with E-state index in [1.165, 1.54) is 44.7 Å². The molecule has 0 radical (unpaired) electrons. The van der Waals surface area contributed by atoms with Gasteiger partial charge in [-0.25, -0.2) is 22.7 Å². The molecule has 0 saturated carbocycles. The lowest BCUT2D eigenvalue weighted by atomic mass is 10.2. The predicted octanol–water partition coefficient (Wildman–Crippen LogP) is 0.816. The molecule has 27 heavy (non-hydrogen) atoms. The van der Waals surface area contributed by atoms with Gasteiger partial charge in [-0.05, 0) is 24.3 Å². The Hall–Kier alpha value is -2.56. The van der Waals surface area contributed by atoms with Crippen molar-refractivity contribution in [1.82, 2.24) is 14.3 Å². The molecule has 0 atom stereocenters. The number of nitrogens with one attached hydrogen (secondary N) is 1. The highest BCUT2D eigenvalue weighted by atomic mass is 32.2. The third kappa shape index (κ3) is 4.41. The fraction of sp³-hybridized carbons (Fsp3) is 0.353. The number of benzene rings is 1. The van der Waals surface area contributed by atoms with Gasteiger partial charge in [-0.1, -0.05) is 0 Å². The van der Waals surface area contributed by atoms with Crippen molar-refractivity contribution in [2.75, 3.05) is 50.6 Å². The highest BCUT2D eigenvalue weighted by molar-refractivity contribution is 7.89. The van der Waals surface area contributed by atoms with Crippen LogP contribution in [0.25, 0.3) is 0 Å². The molecule has 0 unspecified atom stereocenters. The zero-order valence-electron chi connectivity index (χ0n) is 15.1. The van der Waals surface area contributed by atoms with E-state index < -0.39 is 10.0 Å². The van der Waals surface area contributed by atoms with Gasteiger partial charge in [0.15, 0.2) is 0 Å². The van der Waals surface area contributed by atoms with E-state index in [0.717, 1.165) is 23.2 Å². The molecule has 2 aromatic rings. The van der Waals surface area contributed by atoms with Gasteiger partial charge < -0.3 is 15.0 Å². The summed E-state index contributed by atoms with van der Waals surface area (Å²) in [7, 11) is -0.620. The topological polar surface area (TPSA) is 105 Å². The second-order valence-corrected chi connectivity index (χ2v) is 8.28. The Morgan fingerprint density at radius 2 is 1.81 bits per heavy atom. The average molecular weight is 391 g/mol. The van der Waals surface area contributed by atoms with Crippen molar-refractivity contribution in [3.8, 4) is 0 Å². The molecule has 1 saturated heterocycles. The zero-order chi connectivity index (χ0) is 19.4. The van der Waals surface area contributed by atoms with Gasteiger partial charge in [0, 0.05) is 38.8 Å². The van der Waals surface area contributed by atoms with Crippen molar-refractivity contribution in [3.05, 3.63) is 42.2 Å². The maximum atomic E-state index is 12.4. The van der Waals surface area contributed by atoms with Gasteiger partial charge in [-0.2, -0.15) is 0 Å². The van der Waals surface area contributed by atoms with E-state index in [2.05, 4.69) is 20.2 Å². The van der Waals surface area contributed by atoms with Gasteiger partial charge in [0.1, 0.15) is 18.0 Å². The van der Waals surface area contributed by atoms with Gasteiger partial charge in [0.2, 0.25) is 10.0 Å². The van der Waals surface area contributed by atoms with E-state index in [4.69, 9.17) is 4.74 Å². The first-order valence-corrected chi connectivity index (χ1v) is 9.80. The van der Waals surface area contributed by atoms with Crippen LogP contribution in [0, 0.1) is 0 Å². The molecule has 0 bridgehead atoms. The Morgan fingerprint density at radius 3 is 2.44 bits per heavy atom. The fourth-order valence-electron chi connectivity index (χ4n) is 2.56. The van der Waals surface area contributed by atoms with Gasteiger partial charge in [0.25, 0.3) is 5.91 Å². The van der Waals surface area contributed by atoms with Gasteiger partial charge in [-0.15, -0.1) is 0 Å².